The SMILES string of the molecule is CCOCCC(N)Cc1ccsc1. The predicted octanol–water partition coefficient (Wildman–Crippen LogP) is 2.04. The van der Waals surface area contributed by atoms with Gasteiger partial charge in [0.15, 0.2) is 0 Å². The van der Waals surface area contributed by atoms with E-state index in [0.29, 0.717) is 0 Å². The highest BCUT2D eigenvalue weighted by molar-refractivity contribution is 7.07. The van der Waals surface area contributed by atoms with E-state index >= 15 is 0 Å². The maximum absolute atomic E-state index is 5.93. The Bertz CT molecular complexity index is 211. The Morgan fingerprint density at radius 3 is 3.08 bits per heavy atom. The summed E-state index contributed by atoms with van der Waals surface area (Å²) >= 11 is 1.72. The van der Waals surface area contributed by atoms with Crippen LogP contribution >= 0.6 is 11.3 Å². The highest BCUT2D eigenvalue weighted by Crippen LogP contribution is 2.09. The van der Waals surface area contributed by atoms with Crippen molar-refractivity contribution in [1.29, 1.82) is 0 Å². The zero-order valence-corrected chi connectivity index (χ0v) is 8.85. The number of ether oxygens (including phenoxy) is 1. The molecule has 1 atom stereocenters. The second kappa shape index (κ2) is 6.13. The van der Waals surface area contributed by atoms with Gasteiger partial charge in [0.25, 0.3) is 0 Å². The van der Waals surface area contributed by atoms with Crippen molar-refractivity contribution in [3.05, 3.63) is 22.4 Å². The van der Waals surface area contributed by atoms with E-state index in [1.54, 1.807) is 11.3 Å². The molecule has 3 heteroatoms. The van der Waals surface area contributed by atoms with Crippen LogP contribution in [0.25, 0.3) is 0 Å². The van der Waals surface area contributed by atoms with Gasteiger partial charge >= 0.3 is 0 Å². The molecule has 74 valence electrons. The van der Waals surface area contributed by atoms with Gasteiger partial charge in [0, 0.05) is 19.3 Å². The van der Waals surface area contributed by atoms with Gasteiger partial charge in [-0.05, 0) is 42.2 Å². The minimum absolute atomic E-state index is 0.237. The number of hydrogen-bond acceptors (Lipinski definition) is 3. The topological polar surface area (TPSA) is 35.2 Å². The van der Waals surface area contributed by atoms with Crippen molar-refractivity contribution in [2.45, 2.75) is 25.8 Å². The minimum Gasteiger partial charge on any atom is -0.382 e. The molecule has 0 aliphatic heterocycles. The fourth-order valence-corrected chi connectivity index (χ4v) is 1.87. The van der Waals surface area contributed by atoms with Crippen LogP contribution in [0.4, 0.5) is 0 Å². The molecule has 0 bridgehead atoms. The third kappa shape index (κ3) is 4.41. The van der Waals surface area contributed by atoms with Gasteiger partial charge in [-0.25, -0.2) is 0 Å². The fraction of sp³-hybridized carbons (Fsp3) is 0.600. The van der Waals surface area contributed by atoms with Crippen molar-refractivity contribution in [3.63, 3.8) is 0 Å². The molecule has 1 heterocycles. The van der Waals surface area contributed by atoms with Crippen LogP contribution in [-0.2, 0) is 11.2 Å². The van der Waals surface area contributed by atoms with Gasteiger partial charge in [0.1, 0.15) is 0 Å². The van der Waals surface area contributed by atoms with Crippen molar-refractivity contribution in [3.8, 4) is 0 Å². The lowest BCUT2D eigenvalue weighted by Crippen LogP contribution is -2.24. The molecule has 13 heavy (non-hydrogen) atoms. The van der Waals surface area contributed by atoms with Gasteiger partial charge in [-0.1, -0.05) is 0 Å². The molecule has 1 aromatic rings. The Kier molecular flexibility index (Phi) is 5.05. The minimum atomic E-state index is 0.237. The molecule has 1 unspecified atom stereocenters. The smallest absolute Gasteiger partial charge is 0.0480 e. The van der Waals surface area contributed by atoms with E-state index in [1.165, 1.54) is 5.56 Å². The summed E-state index contributed by atoms with van der Waals surface area (Å²) in [5.41, 5.74) is 7.27. The molecular formula is C10H17NOS. The van der Waals surface area contributed by atoms with Crippen LogP contribution in [0.1, 0.15) is 18.9 Å². The third-order valence-corrected chi connectivity index (χ3v) is 2.65. The highest BCUT2D eigenvalue weighted by atomic mass is 32.1. The largest absolute Gasteiger partial charge is 0.382 e. The molecule has 2 N–H and O–H groups in total. The molecule has 1 aromatic heterocycles. The van der Waals surface area contributed by atoms with Gasteiger partial charge in [-0.3, -0.25) is 0 Å². The molecule has 0 amide bonds. The summed E-state index contributed by atoms with van der Waals surface area (Å²) in [5.74, 6) is 0. The van der Waals surface area contributed by atoms with Crippen molar-refractivity contribution in [1.82, 2.24) is 0 Å². The molecule has 0 saturated heterocycles. The van der Waals surface area contributed by atoms with E-state index in [9.17, 15) is 0 Å². The molecule has 2 nitrogen and oxygen atoms in total. The van der Waals surface area contributed by atoms with Crippen LogP contribution in [-0.4, -0.2) is 19.3 Å². The second-order valence-electron chi connectivity index (χ2n) is 3.08. The summed E-state index contributed by atoms with van der Waals surface area (Å²) in [6.45, 7) is 3.57. The average Bonchev–Trinajstić information content (AvgIpc) is 2.57. The summed E-state index contributed by atoms with van der Waals surface area (Å²) in [6, 6.07) is 2.37. The molecule has 0 fully saturated rings. The number of hydrogen-bond donors (Lipinski definition) is 1. The average molecular weight is 199 g/mol. The lowest BCUT2D eigenvalue weighted by molar-refractivity contribution is 0.140. The summed E-state index contributed by atoms with van der Waals surface area (Å²) < 4.78 is 5.25. The third-order valence-electron chi connectivity index (χ3n) is 1.92. The Hall–Kier alpha value is -0.380. The van der Waals surface area contributed by atoms with Gasteiger partial charge < -0.3 is 10.5 Å². The maximum atomic E-state index is 5.93. The van der Waals surface area contributed by atoms with Crippen LogP contribution in [0.3, 0.4) is 0 Å². The second-order valence-corrected chi connectivity index (χ2v) is 3.86. The van der Waals surface area contributed by atoms with Crippen molar-refractivity contribution >= 4 is 11.3 Å². The molecular weight excluding hydrogens is 182 g/mol. The monoisotopic (exact) mass is 199 g/mol. The normalized spacial score (nSPS) is 13.1. The summed E-state index contributed by atoms with van der Waals surface area (Å²) in [4.78, 5) is 0. The Balaban J connectivity index is 2.14. The van der Waals surface area contributed by atoms with Gasteiger partial charge in [-0.2, -0.15) is 11.3 Å². The number of nitrogens with two attached hydrogens (primary N) is 1. The standard InChI is InChI=1S/C10H17NOS/c1-2-12-5-3-10(11)7-9-4-6-13-8-9/h4,6,8,10H,2-3,5,7,11H2,1H3. The number of thiophene rings is 1. The molecule has 0 spiro atoms. The van der Waals surface area contributed by atoms with E-state index in [-0.39, 0.29) is 6.04 Å². The van der Waals surface area contributed by atoms with Crippen molar-refractivity contribution in [2.24, 2.45) is 5.73 Å². The van der Waals surface area contributed by atoms with Crippen LogP contribution in [0.2, 0.25) is 0 Å². The highest BCUT2D eigenvalue weighted by Gasteiger charge is 2.03. The van der Waals surface area contributed by atoms with Crippen molar-refractivity contribution < 1.29 is 4.74 Å². The Labute approximate surface area is 83.7 Å². The molecule has 0 radical (unpaired) electrons. The van der Waals surface area contributed by atoms with Gasteiger partial charge in [0.05, 0.1) is 0 Å². The van der Waals surface area contributed by atoms with E-state index < -0.39 is 0 Å². The zero-order chi connectivity index (χ0) is 9.52. The zero-order valence-electron chi connectivity index (χ0n) is 8.03. The van der Waals surface area contributed by atoms with E-state index in [4.69, 9.17) is 10.5 Å². The number of rotatable bonds is 6. The lowest BCUT2D eigenvalue weighted by atomic mass is 10.1. The molecule has 0 aliphatic carbocycles. The summed E-state index contributed by atoms with van der Waals surface area (Å²) in [6.07, 6.45) is 1.92. The quantitative estimate of drug-likeness (QED) is 0.712. The lowest BCUT2D eigenvalue weighted by Gasteiger charge is -2.09. The maximum Gasteiger partial charge on any atom is 0.0480 e. The Morgan fingerprint density at radius 1 is 1.62 bits per heavy atom. The van der Waals surface area contributed by atoms with Gasteiger partial charge in [0.2, 0.25) is 0 Å². The molecule has 1 rings (SSSR count). The predicted molar refractivity (Wildman–Crippen MR) is 57.1 cm³/mol. The van der Waals surface area contributed by atoms with E-state index in [1.807, 2.05) is 6.92 Å². The molecule has 0 aromatic carbocycles. The first kappa shape index (κ1) is 10.7. The first-order valence-electron chi connectivity index (χ1n) is 4.67. The van der Waals surface area contributed by atoms with Crippen LogP contribution in [0, 0.1) is 0 Å². The Morgan fingerprint density at radius 2 is 2.46 bits per heavy atom. The summed E-state index contributed by atoms with van der Waals surface area (Å²) in [5, 5.41) is 4.24. The van der Waals surface area contributed by atoms with Crippen LogP contribution in [0.5, 0.6) is 0 Å². The van der Waals surface area contributed by atoms with Gasteiger partial charge in [-0.15, -0.1) is 0 Å². The van der Waals surface area contributed by atoms with Crippen molar-refractivity contribution in [2.75, 3.05) is 13.2 Å². The molecule has 0 saturated carbocycles. The summed E-state index contributed by atoms with van der Waals surface area (Å²) in [7, 11) is 0. The van der Waals surface area contributed by atoms with Crippen LogP contribution in [0.15, 0.2) is 16.8 Å². The van der Waals surface area contributed by atoms with Crippen LogP contribution < -0.4 is 5.73 Å². The molecule has 0 aliphatic rings. The fourth-order valence-electron chi connectivity index (χ4n) is 1.19. The first-order valence-corrected chi connectivity index (χ1v) is 5.61. The first-order chi connectivity index (χ1) is 6.33. The van der Waals surface area contributed by atoms with E-state index in [0.717, 1.165) is 26.1 Å². The van der Waals surface area contributed by atoms with E-state index in [2.05, 4.69) is 16.8 Å².